The Morgan fingerprint density at radius 1 is 0.968 bits per heavy atom. The van der Waals surface area contributed by atoms with Gasteiger partial charge in [-0.05, 0) is 31.2 Å². The van der Waals surface area contributed by atoms with Crippen molar-refractivity contribution in [2.75, 3.05) is 19.8 Å². The molecule has 2 heterocycles. The van der Waals surface area contributed by atoms with Gasteiger partial charge in [-0.25, -0.2) is 8.42 Å². The molecular formula is C23H23NO6S. The van der Waals surface area contributed by atoms with Gasteiger partial charge in [0.05, 0.1) is 16.9 Å². The Balaban J connectivity index is 1.57. The number of carbonyl (C=O) groups excluding carboxylic acids is 1. The second-order valence-electron chi connectivity index (χ2n) is 7.11. The summed E-state index contributed by atoms with van der Waals surface area (Å²) < 4.78 is 42.3. The van der Waals surface area contributed by atoms with E-state index < -0.39 is 9.84 Å². The van der Waals surface area contributed by atoms with Crippen LogP contribution in [0.15, 0.2) is 70.2 Å². The number of hydrogen-bond donors (Lipinski definition) is 0. The van der Waals surface area contributed by atoms with Crippen LogP contribution in [-0.2, 0) is 22.1 Å². The second-order valence-corrected chi connectivity index (χ2v) is 9.10. The monoisotopic (exact) mass is 441 g/mol. The highest BCUT2D eigenvalue weighted by atomic mass is 32.2. The molecule has 4 rings (SSSR count). The average molecular weight is 442 g/mol. The van der Waals surface area contributed by atoms with Gasteiger partial charge in [-0.2, -0.15) is 0 Å². The summed E-state index contributed by atoms with van der Waals surface area (Å²) in [4.78, 5) is 15.0. The Morgan fingerprint density at radius 3 is 2.52 bits per heavy atom. The highest BCUT2D eigenvalue weighted by molar-refractivity contribution is 7.90. The van der Waals surface area contributed by atoms with Crippen LogP contribution in [0.2, 0.25) is 0 Å². The Bertz CT molecular complexity index is 1170. The normalized spacial score (nSPS) is 13.1. The first-order chi connectivity index (χ1) is 15.0. The smallest absolute Gasteiger partial charge is 0.290 e. The van der Waals surface area contributed by atoms with Gasteiger partial charge in [0.15, 0.2) is 27.1 Å². The van der Waals surface area contributed by atoms with E-state index in [-0.39, 0.29) is 28.9 Å². The number of carbonyl (C=O) groups is 1. The van der Waals surface area contributed by atoms with Crippen molar-refractivity contribution in [3.8, 4) is 11.5 Å². The van der Waals surface area contributed by atoms with E-state index in [0.29, 0.717) is 36.8 Å². The number of ether oxygens (including phenoxy) is 2. The molecule has 0 atom stereocenters. The molecule has 0 saturated carbocycles. The summed E-state index contributed by atoms with van der Waals surface area (Å²) >= 11 is 0. The quantitative estimate of drug-likeness (QED) is 0.556. The van der Waals surface area contributed by atoms with Gasteiger partial charge in [0.25, 0.3) is 5.91 Å². The first kappa shape index (κ1) is 21.0. The highest BCUT2D eigenvalue weighted by Gasteiger charge is 2.26. The van der Waals surface area contributed by atoms with Crippen molar-refractivity contribution in [3.05, 3.63) is 77.7 Å². The fraction of sp³-hybridized carbons (Fsp3) is 0.261. The molecule has 31 heavy (non-hydrogen) atoms. The number of para-hydroxylation sites is 1. The lowest BCUT2D eigenvalue weighted by molar-refractivity contribution is 0.0716. The van der Waals surface area contributed by atoms with Gasteiger partial charge in [0.2, 0.25) is 0 Å². The second kappa shape index (κ2) is 8.85. The predicted octanol–water partition coefficient (Wildman–Crippen LogP) is 3.69. The molecule has 1 aromatic heterocycles. The summed E-state index contributed by atoms with van der Waals surface area (Å²) in [7, 11) is -3.61. The van der Waals surface area contributed by atoms with E-state index >= 15 is 0 Å². The Morgan fingerprint density at radius 2 is 1.74 bits per heavy atom. The number of hydrogen-bond acceptors (Lipinski definition) is 6. The van der Waals surface area contributed by atoms with Crippen LogP contribution in [0.3, 0.4) is 0 Å². The van der Waals surface area contributed by atoms with Gasteiger partial charge in [0.1, 0.15) is 13.2 Å². The summed E-state index contributed by atoms with van der Waals surface area (Å²) in [5.74, 6) is 0.624. The number of rotatable bonds is 7. The summed E-state index contributed by atoms with van der Waals surface area (Å²) in [6.07, 6.45) is 1.35. The SMILES string of the molecule is CCN(Cc1cccc2c1OCCO2)C(=O)c1occc1CS(=O)(=O)c1ccccc1. The summed E-state index contributed by atoms with van der Waals surface area (Å²) in [6, 6.07) is 15.3. The standard InChI is InChI=1S/C23H23NO6S/c1-2-24(15-17-7-6-10-20-21(17)30-14-13-28-20)23(25)22-18(11-12-29-22)16-31(26,27)19-8-4-3-5-9-19/h3-12H,2,13-16H2,1H3. The number of amides is 1. The zero-order valence-corrected chi connectivity index (χ0v) is 17.9. The molecule has 1 amide bonds. The van der Waals surface area contributed by atoms with Crippen LogP contribution in [-0.4, -0.2) is 39.0 Å². The molecule has 0 bridgehead atoms. The molecule has 162 valence electrons. The molecule has 8 heteroatoms. The molecule has 0 fully saturated rings. The highest BCUT2D eigenvalue weighted by Crippen LogP contribution is 2.34. The lowest BCUT2D eigenvalue weighted by atomic mass is 10.1. The van der Waals surface area contributed by atoms with E-state index in [1.54, 1.807) is 23.1 Å². The minimum Gasteiger partial charge on any atom is -0.486 e. The summed E-state index contributed by atoms with van der Waals surface area (Å²) in [5, 5.41) is 0. The van der Waals surface area contributed by atoms with Crippen molar-refractivity contribution in [1.29, 1.82) is 0 Å². The fourth-order valence-electron chi connectivity index (χ4n) is 3.49. The average Bonchev–Trinajstić information content (AvgIpc) is 3.25. The summed E-state index contributed by atoms with van der Waals surface area (Å²) in [5.41, 5.74) is 1.15. The van der Waals surface area contributed by atoms with Gasteiger partial charge >= 0.3 is 0 Å². The number of benzene rings is 2. The molecule has 0 spiro atoms. The maximum absolute atomic E-state index is 13.2. The molecule has 0 aliphatic carbocycles. The van der Waals surface area contributed by atoms with Crippen molar-refractivity contribution >= 4 is 15.7 Å². The van der Waals surface area contributed by atoms with E-state index in [0.717, 1.165) is 5.56 Å². The Labute approximate surface area is 181 Å². The molecule has 0 unspecified atom stereocenters. The van der Waals surface area contributed by atoms with Crippen molar-refractivity contribution in [2.45, 2.75) is 24.1 Å². The van der Waals surface area contributed by atoms with Crippen LogP contribution < -0.4 is 9.47 Å². The fourth-order valence-corrected chi connectivity index (χ4v) is 4.86. The van der Waals surface area contributed by atoms with Gasteiger partial charge in [-0.15, -0.1) is 0 Å². The molecule has 2 aromatic carbocycles. The van der Waals surface area contributed by atoms with Crippen molar-refractivity contribution < 1.29 is 27.1 Å². The number of nitrogens with zero attached hydrogens (tertiary/aromatic N) is 1. The molecule has 3 aromatic rings. The maximum Gasteiger partial charge on any atom is 0.290 e. The Hall–Kier alpha value is -3.26. The van der Waals surface area contributed by atoms with Crippen molar-refractivity contribution in [1.82, 2.24) is 4.90 Å². The van der Waals surface area contributed by atoms with Crippen LogP contribution in [0.4, 0.5) is 0 Å². The van der Waals surface area contributed by atoms with E-state index in [2.05, 4.69) is 0 Å². The topological polar surface area (TPSA) is 86.1 Å². The van der Waals surface area contributed by atoms with Gasteiger partial charge in [-0.1, -0.05) is 30.3 Å². The van der Waals surface area contributed by atoms with Gasteiger partial charge < -0.3 is 18.8 Å². The van der Waals surface area contributed by atoms with Gasteiger partial charge in [0, 0.05) is 24.2 Å². The molecule has 0 N–H and O–H groups in total. The molecule has 1 aliphatic rings. The molecule has 7 nitrogen and oxygen atoms in total. The third kappa shape index (κ3) is 4.44. The van der Waals surface area contributed by atoms with Crippen molar-refractivity contribution in [3.63, 3.8) is 0 Å². The molecule has 0 saturated heterocycles. The van der Waals surface area contributed by atoms with E-state index in [1.165, 1.54) is 24.5 Å². The Kier molecular flexibility index (Phi) is 5.99. The van der Waals surface area contributed by atoms with Crippen LogP contribution >= 0.6 is 0 Å². The molecule has 1 aliphatic heterocycles. The minimum absolute atomic E-state index is 0.0309. The molecular weight excluding hydrogens is 418 g/mol. The number of fused-ring (bicyclic) bond motifs is 1. The lowest BCUT2D eigenvalue weighted by Crippen LogP contribution is -2.31. The van der Waals surface area contributed by atoms with Crippen LogP contribution in [0.1, 0.15) is 28.6 Å². The zero-order valence-electron chi connectivity index (χ0n) is 17.1. The van der Waals surface area contributed by atoms with Crippen LogP contribution in [0, 0.1) is 0 Å². The predicted molar refractivity (Wildman–Crippen MR) is 114 cm³/mol. The van der Waals surface area contributed by atoms with E-state index in [9.17, 15) is 13.2 Å². The van der Waals surface area contributed by atoms with Crippen molar-refractivity contribution in [2.24, 2.45) is 0 Å². The largest absolute Gasteiger partial charge is 0.486 e. The maximum atomic E-state index is 13.2. The zero-order chi connectivity index (χ0) is 21.8. The van der Waals surface area contributed by atoms with Crippen LogP contribution in [0.25, 0.3) is 0 Å². The van der Waals surface area contributed by atoms with E-state index in [4.69, 9.17) is 13.9 Å². The molecule has 0 radical (unpaired) electrons. The lowest BCUT2D eigenvalue weighted by Gasteiger charge is -2.25. The first-order valence-corrected chi connectivity index (χ1v) is 11.7. The minimum atomic E-state index is -3.61. The first-order valence-electron chi connectivity index (χ1n) is 10.0. The number of sulfone groups is 1. The third-order valence-electron chi connectivity index (χ3n) is 5.07. The van der Waals surface area contributed by atoms with Crippen LogP contribution in [0.5, 0.6) is 11.5 Å². The van der Waals surface area contributed by atoms with E-state index in [1.807, 2.05) is 25.1 Å². The number of furan rings is 1. The third-order valence-corrected chi connectivity index (χ3v) is 6.75. The van der Waals surface area contributed by atoms with Gasteiger partial charge in [-0.3, -0.25) is 4.79 Å². The summed E-state index contributed by atoms with van der Waals surface area (Å²) in [6.45, 7) is 3.48.